The summed E-state index contributed by atoms with van der Waals surface area (Å²) >= 11 is 0. The minimum absolute atomic E-state index is 0.845. The van der Waals surface area contributed by atoms with E-state index in [2.05, 4.69) is 86.6 Å². The van der Waals surface area contributed by atoms with Crippen molar-refractivity contribution in [3.05, 3.63) is 71.4 Å². The van der Waals surface area contributed by atoms with E-state index in [0.717, 1.165) is 82.4 Å². The number of likely N-dealkylation sites (N-methyl/N-ethyl adjacent to an activating group) is 1. The van der Waals surface area contributed by atoms with Gasteiger partial charge in [-0.3, -0.25) is 4.90 Å². The Hall–Kier alpha value is -3.00. The van der Waals surface area contributed by atoms with Gasteiger partial charge in [0.25, 0.3) is 0 Å². The summed E-state index contributed by atoms with van der Waals surface area (Å²) in [4.78, 5) is 20.3. The van der Waals surface area contributed by atoms with Crippen LogP contribution in [0.2, 0.25) is 0 Å². The Bertz CT molecular complexity index is 1200. The van der Waals surface area contributed by atoms with Crippen LogP contribution < -0.4 is 10.2 Å². The van der Waals surface area contributed by atoms with Crippen LogP contribution in [0.25, 0.3) is 11.4 Å². The molecule has 0 bridgehead atoms. The molecule has 206 valence electrons. The van der Waals surface area contributed by atoms with Gasteiger partial charge in [-0.2, -0.15) is 0 Å². The van der Waals surface area contributed by atoms with Gasteiger partial charge in [0, 0.05) is 75.6 Å². The third-order valence-electron chi connectivity index (χ3n) is 8.52. The summed E-state index contributed by atoms with van der Waals surface area (Å²) in [6.45, 7) is 11.9. The number of rotatable bonds is 9. The van der Waals surface area contributed by atoms with Crippen LogP contribution >= 0.6 is 0 Å². The van der Waals surface area contributed by atoms with Gasteiger partial charge >= 0.3 is 0 Å². The lowest BCUT2D eigenvalue weighted by Crippen LogP contribution is -2.44. The number of hydrogen-bond donors (Lipinski definition) is 1. The Morgan fingerprint density at radius 1 is 0.795 bits per heavy atom. The van der Waals surface area contributed by atoms with Crippen molar-refractivity contribution in [1.29, 1.82) is 0 Å². The number of nitrogens with one attached hydrogen (secondary N) is 1. The zero-order chi connectivity index (χ0) is 26.4. The molecule has 0 amide bonds. The molecule has 3 aliphatic heterocycles. The SMILES string of the molecule is CN1CCN(c2ccc(-c3nc4c(c(NCCCN5CCCC5)n3)CN(Cc3ccccc3)CC4)cc2)CC1. The maximum atomic E-state index is 5.14. The standard InChI is InChI=1S/C32H43N7/c1-36-20-22-39(23-21-36)28-12-10-27(11-13-28)31-34-30-14-19-38(24-26-8-3-2-4-9-26)25-29(30)32(35-31)33-15-7-18-37-16-5-6-17-37/h2-4,8-13H,5-7,14-25H2,1H3,(H,33,34,35). The number of likely N-dealkylation sites (tertiary alicyclic amines) is 1. The smallest absolute Gasteiger partial charge is 0.161 e. The van der Waals surface area contributed by atoms with Gasteiger partial charge in [-0.25, -0.2) is 9.97 Å². The fourth-order valence-corrected chi connectivity index (χ4v) is 6.12. The van der Waals surface area contributed by atoms with Crippen molar-refractivity contribution in [2.45, 2.75) is 38.8 Å². The topological polar surface area (TPSA) is 50.8 Å². The Balaban J connectivity index is 1.20. The van der Waals surface area contributed by atoms with Crippen LogP contribution in [-0.2, 0) is 19.5 Å². The van der Waals surface area contributed by atoms with Gasteiger partial charge in [-0.05, 0) is 75.8 Å². The van der Waals surface area contributed by atoms with Gasteiger partial charge in [-0.1, -0.05) is 30.3 Å². The highest BCUT2D eigenvalue weighted by molar-refractivity contribution is 5.63. The number of nitrogens with zero attached hydrogens (tertiary/aromatic N) is 6. The molecule has 2 saturated heterocycles. The second-order valence-electron chi connectivity index (χ2n) is 11.4. The zero-order valence-electron chi connectivity index (χ0n) is 23.5. The number of hydrogen-bond acceptors (Lipinski definition) is 7. The Morgan fingerprint density at radius 2 is 1.56 bits per heavy atom. The minimum Gasteiger partial charge on any atom is -0.370 e. The van der Waals surface area contributed by atoms with E-state index in [1.54, 1.807) is 0 Å². The molecule has 2 aromatic carbocycles. The van der Waals surface area contributed by atoms with E-state index in [0.29, 0.717) is 0 Å². The molecule has 39 heavy (non-hydrogen) atoms. The molecule has 7 nitrogen and oxygen atoms in total. The highest BCUT2D eigenvalue weighted by Crippen LogP contribution is 2.29. The van der Waals surface area contributed by atoms with Crippen LogP contribution in [-0.4, -0.2) is 90.6 Å². The van der Waals surface area contributed by atoms with Crippen LogP contribution in [0, 0.1) is 0 Å². The molecule has 3 aromatic rings. The van der Waals surface area contributed by atoms with Gasteiger partial charge in [0.15, 0.2) is 5.82 Å². The normalized spacial score (nSPS) is 18.8. The zero-order valence-corrected chi connectivity index (χ0v) is 23.5. The van der Waals surface area contributed by atoms with Crippen LogP contribution in [0.5, 0.6) is 0 Å². The molecule has 1 N–H and O–H groups in total. The van der Waals surface area contributed by atoms with Crippen molar-refractivity contribution >= 4 is 11.5 Å². The highest BCUT2D eigenvalue weighted by atomic mass is 15.2. The van der Waals surface area contributed by atoms with Crippen molar-refractivity contribution in [3.63, 3.8) is 0 Å². The van der Waals surface area contributed by atoms with Gasteiger partial charge < -0.3 is 20.0 Å². The Labute approximate surface area is 233 Å². The van der Waals surface area contributed by atoms with E-state index >= 15 is 0 Å². The molecule has 0 unspecified atom stereocenters. The van der Waals surface area contributed by atoms with E-state index in [4.69, 9.17) is 9.97 Å². The molecular weight excluding hydrogens is 482 g/mol. The first-order chi connectivity index (χ1) is 19.2. The number of aromatic nitrogens is 2. The number of benzene rings is 2. The van der Waals surface area contributed by atoms with Crippen LogP contribution in [0.15, 0.2) is 54.6 Å². The lowest BCUT2D eigenvalue weighted by molar-refractivity contribution is 0.243. The number of piperazine rings is 1. The maximum absolute atomic E-state index is 5.14. The molecule has 2 fully saturated rings. The molecular formula is C32H43N7. The lowest BCUT2D eigenvalue weighted by atomic mass is 10.0. The summed E-state index contributed by atoms with van der Waals surface area (Å²) < 4.78 is 0. The average Bonchev–Trinajstić information content (AvgIpc) is 3.50. The first-order valence-corrected chi connectivity index (χ1v) is 14.9. The monoisotopic (exact) mass is 525 g/mol. The minimum atomic E-state index is 0.845. The molecule has 1 aromatic heterocycles. The van der Waals surface area contributed by atoms with Gasteiger partial charge in [0.05, 0.1) is 5.69 Å². The summed E-state index contributed by atoms with van der Waals surface area (Å²) in [6, 6.07) is 19.7. The summed E-state index contributed by atoms with van der Waals surface area (Å²) in [5.41, 5.74) is 6.23. The number of anilines is 2. The molecule has 0 radical (unpaired) electrons. The van der Waals surface area contributed by atoms with Crippen LogP contribution in [0.4, 0.5) is 11.5 Å². The first kappa shape index (κ1) is 26.2. The summed E-state index contributed by atoms with van der Waals surface area (Å²) in [5, 5.41) is 3.74. The molecule has 0 aliphatic carbocycles. The average molecular weight is 526 g/mol. The molecule has 0 saturated carbocycles. The van der Waals surface area contributed by atoms with E-state index in [1.165, 1.54) is 55.0 Å². The van der Waals surface area contributed by atoms with Gasteiger partial charge in [0.1, 0.15) is 5.82 Å². The summed E-state index contributed by atoms with van der Waals surface area (Å²) in [7, 11) is 2.20. The van der Waals surface area contributed by atoms with E-state index in [1.807, 2.05) is 0 Å². The molecule has 7 heteroatoms. The van der Waals surface area contributed by atoms with Crippen LogP contribution in [0.1, 0.15) is 36.1 Å². The fraction of sp³-hybridized carbons (Fsp3) is 0.500. The molecule has 6 rings (SSSR count). The van der Waals surface area contributed by atoms with Gasteiger partial charge in [-0.15, -0.1) is 0 Å². The molecule has 0 atom stereocenters. The highest BCUT2D eigenvalue weighted by Gasteiger charge is 2.23. The number of fused-ring (bicyclic) bond motifs is 1. The quantitative estimate of drug-likeness (QED) is 0.417. The van der Waals surface area contributed by atoms with E-state index in [9.17, 15) is 0 Å². The van der Waals surface area contributed by atoms with Crippen molar-refractivity contribution in [2.75, 3.05) is 76.2 Å². The van der Waals surface area contributed by atoms with E-state index < -0.39 is 0 Å². The van der Waals surface area contributed by atoms with Crippen molar-refractivity contribution < 1.29 is 0 Å². The lowest BCUT2D eigenvalue weighted by Gasteiger charge is -2.34. The molecule has 0 spiro atoms. The van der Waals surface area contributed by atoms with Crippen LogP contribution in [0.3, 0.4) is 0 Å². The van der Waals surface area contributed by atoms with Crippen molar-refractivity contribution in [2.24, 2.45) is 0 Å². The predicted octanol–water partition coefficient (Wildman–Crippen LogP) is 4.35. The second kappa shape index (κ2) is 12.5. The maximum Gasteiger partial charge on any atom is 0.161 e. The fourth-order valence-electron chi connectivity index (χ4n) is 6.12. The third kappa shape index (κ3) is 6.60. The Kier molecular flexibility index (Phi) is 8.38. The van der Waals surface area contributed by atoms with Gasteiger partial charge in [0.2, 0.25) is 0 Å². The molecule has 4 heterocycles. The van der Waals surface area contributed by atoms with Crippen molar-refractivity contribution in [1.82, 2.24) is 24.7 Å². The first-order valence-electron chi connectivity index (χ1n) is 14.9. The largest absolute Gasteiger partial charge is 0.370 e. The van der Waals surface area contributed by atoms with Crippen molar-refractivity contribution in [3.8, 4) is 11.4 Å². The second-order valence-corrected chi connectivity index (χ2v) is 11.4. The summed E-state index contributed by atoms with van der Waals surface area (Å²) in [6.07, 6.45) is 4.79. The predicted molar refractivity (Wildman–Crippen MR) is 160 cm³/mol. The third-order valence-corrected chi connectivity index (χ3v) is 8.52. The molecule has 3 aliphatic rings. The van der Waals surface area contributed by atoms with E-state index in [-0.39, 0.29) is 0 Å². The summed E-state index contributed by atoms with van der Waals surface area (Å²) in [5.74, 6) is 1.87. The Morgan fingerprint density at radius 3 is 2.33 bits per heavy atom.